The normalized spacial score (nSPS) is 26.5. The summed E-state index contributed by atoms with van der Waals surface area (Å²) in [7, 11) is 1.66. The summed E-state index contributed by atoms with van der Waals surface area (Å²) in [5, 5.41) is 0.697. The number of hydrogen-bond donors (Lipinski definition) is 1. The van der Waals surface area contributed by atoms with E-state index < -0.39 is 0 Å². The molecule has 2 atom stereocenters. The van der Waals surface area contributed by atoms with Crippen LogP contribution < -0.4 is 10.5 Å². The van der Waals surface area contributed by atoms with Crippen LogP contribution >= 0.6 is 11.6 Å². The molecule has 2 unspecified atom stereocenters. The van der Waals surface area contributed by atoms with E-state index in [2.05, 4.69) is 6.92 Å². The van der Waals surface area contributed by atoms with Crippen molar-refractivity contribution < 1.29 is 9.47 Å². The van der Waals surface area contributed by atoms with Crippen LogP contribution in [0.1, 0.15) is 38.2 Å². The summed E-state index contributed by atoms with van der Waals surface area (Å²) in [6.45, 7) is 3.33. The minimum Gasteiger partial charge on any atom is -0.496 e. The number of methoxy groups -OCH3 is 1. The number of nitrogens with two attached hydrogens (primary N) is 1. The van der Waals surface area contributed by atoms with Crippen molar-refractivity contribution in [3.8, 4) is 5.75 Å². The second kappa shape index (κ2) is 6.79. The third-order valence-corrected chi connectivity index (χ3v) is 4.43. The molecule has 20 heavy (non-hydrogen) atoms. The molecule has 0 heterocycles. The van der Waals surface area contributed by atoms with Crippen LogP contribution in [0, 0.1) is 5.92 Å². The molecule has 0 radical (unpaired) electrons. The molecule has 0 spiro atoms. The van der Waals surface area contributed by atoms with Crippen molar-refractivity contribution in [2.24, 2.45) is 11.7 Å². The van der Waals surface area contributed by atoms with Crippen molar-refractivity contribution in [3.63, 3.8) is 0 Å². The lowest BCUT2D eigenvalue weighted by Gasteiger charge is -2.39. The summed E-state index contributed by atoms with van der Waals surface area (Å²) >= 11 is 6.05. The first-order chi connectivity index (χ1) is 9.58. The molecule has 0 aliphatic heterocycles. The zero-order chi connectivity index (χ0) is 14.6. The second-order valence-electron chi connectivity index (χ2n) is 5.83. The van der Waals surface area contributed by atoms with Crippen LogP contribution in [0.5, 0.6) is 5.75 Å². The quantitative estimate of drug-likeness (QED) is 0.899. The standard InChI is InChI=1S/C16H24ClNO2/c1-12-4-3-7-16(9-12,11-18)20-10-13-8-14(17)5-6-15(13)19-2/h5-6,8,12H,3-4,7,9-11,18H2,1-2H3. The molecule has 2 rings (SSSR count). The van der Waals surface area contributed by atoms with Gasteiger partial charge in [-0.1, -0.05) is 31.4 Å². The van der Waals surface area contributed by atoms with Gasteiger partial charge in [-0.3, -0.25) is 0 Å². The Kier molecular flexibility index (Phi) is 5.30. The summed E-state index contributed by atoms with van der Waals surface area (Å²) in [4.78, 5) is 0. The van der Waals surface area contributed by atoms with E-state index in [4.69, 9.17) is 26.8 Å². The molecule has 4 heteroatoms. The number of rotatable bonds is 5. The van der Waals surface area contributed by atoms with Gasteiger partial charge in [-0.2, -0.15) is 0 Å². The Balaban J connectivity index is 2.08. The lowest BCUT2D eigenvalue weighted by atomic mass is 9.79. The third-order valence-electron chi connectivity index (χ3n) is 4.20. The maximum atomic E-state index is 6.21. The molecule has 1 aliphatic rings. The molecule has 0 amide bonds. The van der Waals surface area contributed by atoms with Crippen LogP contribution in [0.2, 0.25) is 5.02 Å². The van der Waals surface area contributed by atoms with Gasteiger partial charge in [0.05, 0.1) is 19.3 Å². The number of ether oxygens (including phenoxy) is 2. The minimum absolute atomic E-state index is 0.189. The van der Waals surface area contributed by atoms with Crippen LogP contribution in [0.4, 0.5) is 0 Å². The Morgan fingerprint density at radius 1 is 1.45 bits per heavy atom. The van der Waals surface area contributed by atoms with Gasteiger partial charge < -0.3 is 15.2 Å². The molecular formula is C16H24ClNO2. The van der Waals surface area contributed by atoms with Gasteiger partial charge in [-0.05, 0) is 37.0 Å². The average molecular weight is 298 g/mol. The maximum absolute atomic E-state index is 6.21. The van der Waals surface area contributed by atoms with Crippen molar-refractivity contribution in [1.29, 1.82) is 0 Å². The van der Waals surface area contributed by atoms with Crippen molar-refractivity contribution in [2.45, 2.75) is 44.8 Å². The fourth-order valence-corrected chi connectivity index (χ4v) is 3.27. The van der Waals surface area contributed by atoms with Gasteiger partial charge in [0.1, 0.15) is 5.75 Å². The summed E-state index contributed by atoms with van der Waals surface area (Å²) in [6, 6.07) is 5.60. The summed E-state index contributed by atoms with van der Waals surface area (Å²) < 4.78 is 11.6. The number of benzene rings is 1. The monoisotopic (exact) mass is 297 g/mol. The first-order valence-electron chi connectivity index (χ1n) is 7.25. The van der Waals surface area contributed by atoms with E-state index in [1.165, 1.54) is 12.8 Å². The molecule has 2 N–H and O–H groups in total. The molecule has 1 aromatic rings. The fourth-order valence-electron chi connectivity index (χ4n) is 3.08. The highest BCUT2D eigenvalue weighted by Gasteiger charge is 2.34. The van der Waals surface area contributed by atoms with Gasteiger partial charge in [0.2, 0.25) is 0 Å². The molecule has 0 bridgehead atoms. The Morgan fingerprint density at radius 3 is 2.90 bits per heavy atom. The van der Waals surface area contributed by atoms with E-state index in [1.807, 2.05) is 18.2 Å². The molecule has 1 saturated carbocycles. The predicted octanol–water partition coefficient (Wildman–Crippen LogP) is 3.77. The largest absolute Gasteiger partial charge is 0.496 e. The van der Waals surface area contributed by atoms with Gasteiger partial charge in [0.25, 0.3) is 0 Å². The average Bonchev–Trinajstić information content (AvgIpc) is 2.45. The summed E-state index contributed by atoms with van der Waals surface area (Å²) in [5.74, 6) is 1.49. The van der Waals surface area contributed by atoms with E-state index in [0.29, 0.717) is 24.1 Å². The number of halogens is 1. The number of hydrogen-bond acceptors (Lipinski definition) is 3. The fraction of sp³-hybridized carbons (Fsp3) is 0.625. The maximum Gasteiger partial charge on any atom is 0.124 e. The van der Waals surface area contributed by atoms with Gasteiger partial charge in [0.15, 0.2) is 0 Å². The minimum atomic E-state index is -0.189. The van der Waals surface area contributed by atoms with Gasteiger partial charge >= 0.3 is 0 Å². The topological polar surface area (TPSA) is 44.5 Å². The van der Waals surface area contributed by atoms with Gasteiger partial charge in [-0.25, -0.2) is 0 Å². The SMILES string of the molecule is COc1ccc(Cl)cc1COC1(CN)CCCC(C)C1. The molecule has 0 saturated heterocycles. The highest BCUT2D eigenvalue weighted by molar-refractivity contribution is 6.30. The Bertz CT molecular complexity index is 452. The zero-order valence-electron chi connectivity index (χ0n) is 12.3. The van der Waals surface area contributed by atoms with Crippen molar-refractivity contribution >= 4 is 11.6 Å². The lowest BCUT2D eigenvalue weighted by molar-refractivity contribution is -0.0844. The molecule has 0 aromatic heterocycles. The van der Waals surface area contributed by atoms with Gasteiger partial charge in [-0.15, -0.1) is 0 Å². The van der Waals surface area contributed by atoms with E-state index >= 15 is 0 Å². The molecule has 1 aromatic carbocycles. The van der Waals surface area contributed by atoms with Crippen LogP contribution in [-0.2, 0) is 11.3 Å². The molecular weight excluding hydrogens is 274 g/mol. The van der Waals surface area contributed by atoms with Crippen LogP contribution in [0.25, 0.3) is 0 Å². The first kappa shape index (κ1) is 15.6. The van der Waals surface area contributed by atoms with E-state index in [1.54, 1.807) is 7.11 Å². The highest BCUT2D eigenvalue weighted by atomic mass is 35.5. The van der Waals surface area contributed by atoms with Crippen molar-refractivity contribution in [2.75, 3.05) is 13.7 Å². The van der Waals surface area contributed by atoms with Crippen molar-refractivity contribution in [3.05, 3.63) is 28.8 Å². The summed E-state index contributed by atoms with van der Waals surface area (Å²) in [6.07, 6.45) is 4.53. The van der Waals surface area contributed by atoms with Crippen LogP contribution in [-0.4, -0.2) is 19.3 Å². The Hall–Kier alpha value is -0.770. The van der Waals surface area contributed by atoms with Crippen LogP contribution in [0.15, 0.2) is 18.2 Å². The van der Waals surface area contributed by atoms with E-state index in [-0.39, 0.29) is 5.60 Å². The summed E-state index contributed by atoms with van der Waals surface area (Å²) in [5.41, 5.74) is 6.77. The van der Waals surface area contributed by atoms with Gasteiger partial charge in [0, 0.05) is 17.1 Å². The highest BCUT2D eigenvalue weighted by Crippen LogP contribution is 2.36. The predicted molar refractivity (Wildman–Crippen MR) is 82.2 cm³/mol. The molecule has 1 fully saturated rings. The van der Waals surface area contributed by atoms with E-state index in [9.17, 15) is 0 Å². The third kappa shape index (κ3) is 3.66. The smallest absolute Gasteiger partial charge is 0.124 e. The van der Waals surface area contributed by atoms with Crippen molar-refractivity contribution in [1.82, 2.24) is 0 Å². The lowest BCUT2D eigenvalue weighted by Crippen LogP contribution is -2.44. The first-order valence-corrected chi connectivity index (χ1v) is 7.63. The molecule has 1 aliphatic carbocycles. The molecule has 112 valence electrons. The second-order valence-corrected chi connectivity index (χ2v) is 6.27. The van der Waals surface area contributed by atoms with Crippen LogP contribution in [0.3, 0.4) is 0 Å². The zero-order valence-corrected chi connectivity index (χ0v) is 13.1. The molecule has 3 nitrogen and oxygen atoms in total. The Labute approximate surface area is 126 Å². The van der Waals surface area contributed by atoms with E-state index in [0.717, 1.165) is 24.2 Å². The Morgan fingerprint density at radius 2 is 2.25 bits per heavy atom.